The molecule has 2 aromatic carbocycles. The van der Waals surface area contributed by atoms with E-state index in [0.29, 0.717) is 0 Å². The van der Waals surface area contributed by atoms with Crippen molar-refractivity contribution in [3.05, 3.63) is 65.7 Å². The topological polar surface area (TPSA) is 21.3 Å². The van der Waals surface area contributed by atoms with Crippen molar-refractivity contribution in [2.75, 3.05) is 19.7 Å². The number of rotatable bonds is 8. The number of hydrogen-bond acceptors (Lipinski definition) is 2. The van der Waals surface area contributed by atoms with Crippen molar-refractivity contribution in [3.63, 3.8) is 0 Å². The summed E-state index contributed by atoms with van der Waals surface area (Å²) in [4.78, 5) is 0. The molecular formula is C18H23NO. The molecule has 2 rings (SSSR count). The van der Waals surface area contributed by atoms with Crippen molar-refractivity contribution < 1.29 is 4.74 Å². The Morgan fingerprint density at radius 3 is 2.40 bits per heavy atom. The Kier molecular flexibility index (Phi) is 6.12. The van der Waals surface area contributed by atoms with E-state index in [9.17, 15) is 0 Å². The first-order valence-corrected chi connectivity index (χ1v) is 7.29. The van der Waals surface area contributed by atoms with Crippen LogP contribution in [0.1, 0.15) is 17.5 Å². The van der Waals surface area contributed by atoms with Crippen LogP contribution >= 0.6 is 0 Å². The first-order chi connectivity index (χ1) is 9.84. The van der Waals surface area contributed by atoms with Crippen molar-refractivity contribution in [1.29, 1.82) is 0 Å². The van der Waals surface area contributed by atoms with Crippen LogP contribution in [-0.4, -0.2) is 19.7 Å². The zero-order valence-corrected chi connectivity index (χ0v) is 12.1. The second-order valence-electron chi connectivity index (χ2n) is 5.00. The van der Waals surface area contributed by atoms with E-state index < -0.39 is 0 Å². The van der Waals surface area contributed by atoms with Gasteiger partial charge in [0.15, 0.2) is 0 Å². The lowest BCUT2D eigenvalue weighted by Gasteiger charge is -2.07. The molecule has 0 fully saturated rings. The largest absolute Gasteiger partial charge is 0.494 e. The molecule has 0 saturated heterocycles. The van der Waals surface area contributed by atoms with Crippen LogP contribution in [0.3, 0.4) is 0 Å². The Bertz CT molecular complexity index is 479. The third-order valence-corrected chi connectivity index (χ3v) is 3.22. The Balaban J connectivity index is 1.51. The van der Waals surface area contributed by atoms with Crippen LogP contribution in [0.25, 0.3) is 0 Å². The fourth-order valence-corrected chi connectivity index (χ4v) is 2.02. The molecular weight excluding hydrogens is 246 g/mol. The summed E-state index contributed by atoms with van der Waals surface area (Å²) in [5.74, 6) is 0.958. The van der Waals surface area contributed by atoms with E-state index in [0.717, 1.165) is 38.3 Å². The van der Waals surface area contributed by atoms with Gasteiger partial charge in [-0.1, -0.05) is 48.0 Å². The summed E-state index contributed by atoms with van der Waals surface area (Å²) < 4.78 is 5.69. The van der Waals surface area contributed by atoms with Gasteiger partial charge in [-0.2, -0.15) is 0 Å². The lowest BCUT2D eigenvalue weighted by Crippen LogP contribution is -2.20. The summed E-state index contributed by atoms with van der Waals surface area (Å²) in [5, 5.41) is 3.45. The molecule has 106 valence electrons. The molecule has 0 radical (unpaired) electrons. The summed E-state index contributed by atoms with van der Waals surface area (Å²) >= 11 is 0. The fraction of sp³-hybridized carbons (Fsp3) is 0.333. The zero-order chi connectivity index (χ0) is 14.0. The molecule has 0 atom stereocenters. The molecule has 2 heteroatoms. The van der Waals surface area contributed by atoms with Crippen LogP contribution in [-0.2, 0) is 6.42 Å². The third-order valence-electron chi connectivity index (χ3n) is 3.22. The van der Waals surface area contributed by atoms with Crippen LogP contribution in [0, 0.1) is 6.92 Å². The third kappa shape index (κ3) is 5.45. The molecule has 2 aromatic rings. The molecule has 0 amide bonds. The fourth-order valence-electron chi connectivity index (χ4n) is 2.02. The lowest BCUT2D eigenvalue weighted by atomic mass is 10.1. The molecule has 0 bridgehead atoms. The highest BCUT2D eigenvalue weighted by molar-refractivity contribution is 5.26. The van der Waals surface area contributed by atoms with Gasteiger partial charge in [-0.05, 0) is 50.6 Å². The first-order valence-electron chi connectivity index (χ1n) is 7.29. The maximum absolute atomic E-state index is 5.69. The number of ether oxygens (including phenoxy) is 1. The zero-order valence-electron chi connectivity index (χ0n) is 12.1. The van der Waals surface area contributed by atoms with Gasteiger partial charge in [0.1, 0.15) is 5.75 Å². The molecule has 20 heavy (non-hydrogen) atoms. The van der Waals surface area contributed by atoms with Crippen LogP contribution in [0.4, 0.5) is 0 Å². The van der Waals surface area contributed by atoms with E-state index in [1.54, 1.807) is 0 Å². The van der Waals surface area contributed by atoms with E-state index in [2.05, 4.69) is 54.7 Å². The van der Waals surface area contributed by atoms with Gasteiger partial charge in [-0.3, -0.25) is 0 Å². The van der Waals surface area contributed by atoms with Crippen molar-refractivity contribution in [3.8, 4) is 5.75 Å². The minimum atomic E-state index is 0.765. The second kappa shape index (κ2) is 8.39. The normalized spacial score (nSPS) is 10.4. The quantitative estimate of drug-likeness (QED) is 0.739. The maximum atomic E-state index is 5.69. The minimum absolute atomic E-state index is 0.765. The molecule has 0 heterocycles. The van der Waals surface area contributed by atoms with Crippen molar-refractivity contribution >= 4 is 0 Å². The summed E-state index contributed by atoms with van der Waals surface area (Å²) in [7, 11) is 0. The highest BCUT2D eigenvalue weighted by Crippen LogP contribution is 2.11. The average Bonchev–Trinajstić information content (AvgIpc) is 2.49. The van der Waals surface area contributed by atoms with Gasteiger partial charge >= 0.3 is 0 Å². The monoisotopic (exact) mass is 269 g/mol. The van der Waals surface area contributed by atoms with Crippen molar-refractivity contribution in [1.82, 2.24) is 5.32 Å². The summed E-state index contributed by atoms with van der Waals surface area (Å²) in [5.41, 5.74) is 2.65. The predicted molar refractivity (Wildman–Crippen MR) is 84.3 cm³/mol. The number of aryl methyl sites for hydroxylation is 1. The number of hydrogen-bond donors (Lipinski definition) is 1. The maximum Gasteiger partial charge on any atom is 0.119 e. The van der Waals surface area contributed by atoms with Crippen LogP contribution in [0.2, 0.25) is 0 Å². The van der Waals surface area contributed by atoms with E-state index in [1.165, 1.54) is 11.1 Å². The van der Waals surface area contributed by atoms with Crippen molar-refractivity contribution in [2.45, 2.75) is 19.8 Å². The Morgan fingerprint density at radius 2 is 1.65 bits per heavy atom. The number of nitrogens with one attached hydrogen (secondary N) is 1. The Labute approximate surface area is 121 Å². The molecule has 0 spiro atoms. The van der Waals surface area contributed by atoms with E-state index in [1.807, 2.05) is 12.1 Å². The molecule has 1 N–H and O–H groups in total. The molecule has 0 aromatic heterocycles. The van der Waals surface area contributed by atoms with Gasteiger partial charge in [0, 0.05) is 0 Å². The van der Waals surface area contributed by atoms with Gasteiger partial charge in [-0.25, -0.2) is 0 Å². The van der Waals surface area contributed by atoms with Crippen LogP contribution in [0.5, 0.6) is 5.75 Å². The van der Waals surface area contributed by atoms with Gasteiger partial charge in [0.25, 0.3) is 0 Å². The van der Waals surface area contributed by atoms with Crippen LogP contribution < -0.4 is 10.1 Å². The lowest BCUT2D eigenvalue weighted by molar-refractivity contribution is 0.308. The summed E-state index contributed by atoms with van der Waals surface area (Å²) in [6.07, 6.45) is 2.11. The summed E-state index contributed by atoms with van der Waals surface area (Å²) in [6, 6.07) is 18.8. The van der Waals surface area contributed by atoms with Gasteiger partial charge in [-0.15, -0.1) is 0 Å². The molecule has 0 aliphatic rings. The highest BCUT2D eigenvalue weighted by atomic mass is 16.5. The minimum Gasteiger partial charge on any atom is -0.494 e. The molecule has 0 unspecified atom stereocenters. The number of benzene rings is 2. The molecule has 2 nitrogen and oxygen atoms in total. The van der Waals surface area contributed by atoms with E-state index >= 15 is 0 Å². The SMILES string of the molecule is Cc1ccc(OCCCNCCc2ccccc2)cc1. The predicted octanol–water partition coefficient (Wildman–Crippen LogP) is 3.60. The van der Waals surface area contributed by atoms with Gasteiger partial charge in [0.05, 0.1) is 6.61 Å². The smallest absolute Gasteiger partial charge is 0.119 e. The second-order valence-corrected chi connectivity index (χ2v) is 5.00. The standard InChI is InChI=1S/C18H23NO/c1-16-8-10-18(11-9-16)20-15-5-13-19-14-12-17-6-3-2-4-7-17/h2-4,6-11,19H,5,12-15H2,1H3. The van der Waals surface area contributed by atoms with Gasteiger partial charge in [0.2, 0.25) is 0 Å². The average molecular weight is 269 g/mol. The highest BCUT2D eigenvalue weighted by Gasteiger charge is 1.94. The van der Waals surface area contributed by atoms with E-state index in [4.69, 9.17) is 4.74 Å². The Morgan fingerprint density at radius 1 is 0.900 bits per heavy atom. The first kappa shape index (κ1) is 14.6. The van der Waals surface area contributed by atoms with Crippen LogP contribution in [0.15, 0.2) is 54.6 Å². The summed E-state index contributed by atoms with van der Waals surface area (Å²) in [6.45, 7) is 4.87. The molecule has 0 saturated carbocycles. The Hall–Kier alpha value is -1.80. The molecule has 0 aliphatic heterocycles. The molecule has 0 aliphatic carbocycles. The van der Waals surface area contributed by atoms with E-state index in [-0.39, 0.29) is 0 Å². The van der Waals surface area contributed by atoms with Gasteiger partial charge < -0.3 is 10.1 Å². The van der Waals surface area contributed by atoms with Crippen molar-refractivity contribution in [2.24, 2.45) is 0 Å².